The summed E-state index contributed by atoms with van der Waals surface area (Å²) in [6.07, 6.45) is 0. The van der Waals surface area contributed by atoms with E-state index in [-0.39, 0.29) is 11.5 Å². The van der Waals surface area contributed by atoms with E-state index >= 15 is 0 Å². The average molecular weight is 419 g/mol. The summed E-state index contributed by atoms with van der Waals surface area (Å²) in [5.74, 6) is -0.596. The molecule has 0 heterocycles. The molecule has 0 radical (unpaired) electrons. The third-order valence-electron chi connectivity index (χ3n) is 2.78. The summed E-state index contributed by atoms with van der Waals surface area (Å²) in [5, 5.41) is 8.21. The Labute approximate surface area is 147 Å². The number of nitrogens with two attached hydrogens (primary N) is 2. The molecule has 6 nitrogen and oxygen atoms in total. The van der Waals surface area contributed by atoms with Crippen molar-refractivity contribution in [1.29, 1.82) is 0 Å². The minimum Gasteiger partial charge on any atom is -0.494 e. The van der Waals surface area contributed by atoms with Crippen LogP contribution in [0.3, 0.4) is 0 Å². The Morgan fingerprint density at radius 2 is 1.75 bits per heavy atom. The van der Waals surface area contributed by atoms with E-state index in [1.54, 1.807) is 6.07 Å². The number of ketones is 1. The first-order valence-electron chi connectivity index (χ1n) is 6.48. The van der Waals surface area contributed by atoms with Crippen LogP contribution in [-0.4, -0.2) is 21.3 Å². The number of halogens is 2. The minimum atomic E-state index is -3.67. The molecule has 24 heavy (non-hydrogen) atoms. The van der Waals surface area contributed by atoms with Crippen LogP contribution >= 0.6 is 15.9 Å². The fraction of sp³-hybridized carbons (Fsp3) is 0.133. The van der Waals surface area contributed by atoms with Crippen LogP contribution in [0.5, 0.6) is 5.75 Å². The lowest BCUT2D eigenvalue weighted by Gasteiger charge is -2.07. The molecule has 2 rings (SSSR count). The normalized spacial score (nSPS) is 10.6. The molecule has 0 unspecified atom stereocenters. The van der Waals surface area contributed by atoms with Crippen molar-refractivity contribution in [1.82, 2.24) is 0 Å². The second-order valence-corrected chi connectivity index (χ2v) is 6.78. The van der Waals surface area contributed by atoms with Gasteiger partial charge in [0.2, 0.25) is 0 Å². The van der Waals surface area contributed by atoms with E-state index in [9.17, 15) is 17.6 Å². The highest BCUT2D eigenvalue weighted by Crippen LogP contribution is 2.24. The lowest BCUT2D eigenvalue weighted by atomic mass is 10.0. The molecular weight excluding hydrogens is 403 g/mol. The van der Waals surface area contributed by atoms with Gasteiger partial charge in [0.1, 0.15) is 0 Å². The van der Waals surface area contributed by atoms with Crippen molar-refractivity contribution >= 4 is 31.9 Å². The van der Waals surface area contributed by atoms with Gasteiger partial charge in [-0.15, -0.1) is 0 Å². The summed E-state index contributed by atoms with van der Waals surface area (Å²) >= 11 is 3.37. The maximum atomic E-state index is 13.3. The van der Waals surface area contributed by atoms with Crippen molar-refractivity contribution < 1.29 is 22.3 Å². The molecule has 0 bridgehead atoms. The van der Waals surface area contributed by atoms with Crippen molar-refractivity contribution in [3.8, 4) is 5.75 Å². The van der Waals surface area contributed by atoms with Gasteiger partial charge in [0.25, 0.3) is 10.2 Å². The summed E-state index contributed by atoms with van der Waals surface area (Å²) in [6.45, 7) is 1.94. The first-order valence-corrected chi connectivity index (χ1v) is 8.88. The van der Waals surface area contributed by atoms with Crippen LogP contribution in [-0.2, 0) is 10.2 Å². The Kier molecular flexibility index (Phi) is 7.03. The Bertz CT molecular complexity index is 849. The highest BCUT2D eigenvalue weighted by atomic mass is 79.9. The summed E-state index contributed by atoms with van der Waals surface area (Å²) < 4.78 is 37.3. The van der Waals surface area contributed by atoms with Crippen molar-refractivity contribution in [2.75, 3.05) is 7.11 Å². The Morgan fingerprint density at radius 1 is 1.17 bits per heavy atom. The summed E-state index contributed by atoms with van der Waals surface area (Å²) in [7, 11) is -2.30. The molecule has 4 N–H and O–H groups in total. The lowest BCUT2D eigenvalue weighted by molar-refractivity contribution is 0.103. The molecule has 2 aromatic rings. The number of hydrogen-bond donors (Lipinski definition) is 2. The third-order valence-corrected chi connectivity index (χ3v) is 3.44. The van der Waals surface area contributed by atoms with Gasteiger partial charge in [-0.1, -0.05) is 22.0 Å². The number of carbonyl (C=O) groups is 1. The highest BCUT2D eigenvalue weighted by molar-refractivity contribution is 9.10. The largest absolute Gasteiger partial charge is 0.494 e. The predicted molar refractivity (Wildman–Crippen MR) is 92.6 cm³/mol. The zero-order chi connectivity index (χ0) is 18.5. The zero-order valence-corrected chi connectivity index (χ0v) is 15.3. The Hall–Kier alpha value is -1.81. The van der Waals surface area contributed by atoms with Crippen molar-refractivity contribution in [2.45, 2.75) is 6.92 Å². The van der Waals surface area contributed by atoms with Crippen LogP contribution in [0.25, 0.3) is 0 Å². The molecule has 0 spiro atoms. The Balaban J connectivity index is 0.000000505. The SMILES string of the molecule is COc1cc(C(=O)c2ccc(C)cc2Br)ccc1F.NS(N)(=O)=O. The van der Waals surface area contributed by atoms with E-state index in [1.165, 1.54) is 25.3 Å². The van der Waals surface area contributed by atoms with E-state index in [4.69, 9.17) is 4.74 Å². The number of ether oxygens (including phenoxy) is 1. The molecule has 0 fully saturated rings. The van der Waals surface area contributed by atoms with Gasteiger partial charge in [-0.05, 0) is 42.8 Å². The van der Waals surface area contributed by atoms with Gasteiger partial charge >= 0.3 is 0 Å². The smallest absolute Gasteiger partial charge is 0.271 e. The monoisotopic (exact) mass is 418 g/mol. The summed E-state index contributed by atoms with van der Waals surface area (Å²) in [4.78, 5) is 12.3. The fourth-order valence-corrected chi connectivity index (χ4v) is 2.43. The molecule has 0 aliphatic heterocycles. The number of aryl methyl sites for hydroxylation is 1. The molecule has 0 amide bonds. The second kappa shape index (κ2) is 8.34. The van der Waals surface area contributed by atoms with Gasteiger partial charge in [0.15, 0.2) is 17.3 Å². The molecule has 0 aliphatic rings. The van der Waals surface area contributed by atoms with Crippen molar-refractivity contribution in [3.05, 3.63) is 63.4 Å². The van der Waals surface area contributed by atoms with E-state index < -0.39 is 16.0 Å². The van der Waals surface area contributed by atoms with Crippen molar-refractivity contribution in [3.63, 3.8) is 0 Å². The quantitative estimate of drug-likeness (QED) is 0.744. The number of rotatable bonds is 3. The van der Waals surface area contributed by atoms with Crippen LogP contribution in [0, 0.1) is 12.7 Å². The van der Waals surface area contributed by atoms with Crippen LogP contribution in [0.2, 0.25) is 0 Å². The highest BCUT2D eigenvalue weighted by Gasteiger charge is 2.14. The predicted octanol–water partition coefficient (Wildman–Crippen LogP) is 2.28. The number of carbonyl (C=O) groups excluding carboxylic acids is 1. The minimum absolute atomic E-state index is 0.0640. The zero-order valence-electron chi connectivity index (χ0n) is 12.9. The molecule has 0 atom stereocenters. The fourth-order valence-electron chi connectivity index (χ4n) is 1.76. The first-order chi connectivity index (χ1) is 11.0. The molecule has 0 aliphatic carbocycles. The van der Waals surface area contributed by atoms with E-state index in [0.717, 1.165) is 10.0 Å². The second-order valence-electron chi connectivity index (χ2n) is 4.75. The summed E-state index contributed by atoms with van der Waals surface area (Å²) in [6, 6.07) is 9.56. The van der Waals surface area contributed by atoms with Gasteiger partial charge in [-0.25, -0.2) is 14.7 Å². The molecule has 2 aromatic carbocycles. The standard InChI is InChI=1S/C15H12BrFO2.H4N2O2S/c1-9-3-5-11(12(16)7-9)15(18)10-4-6-13(17)14(8-10)19-2;1-5(2,3)4/h3-8H,1-2H3;(H4,1,2,3,4). The van der Waals surface area contributed by atoms with E-state index in [0.29, 0.717) is 11.1 Å². The van der Waals surface area contributed by atoms with E-state index in [1.807, 2.05) is 19.1 Å². The van der Waals surface area contributed by atoms with Crippen LogP contribution in [0.4, 0.5) is 4.39 Å². The van der Waals surface area contributed by atoms with E-state index in [2.05, 4.69) is 26.2 Å². The maximum absolute atomic E-state index is 13.3. The van der Waals surface area contributed by atoms with Gasteiger partial charge in [-0.2, -0.15) is 8.42 Å². The van der Waals surface area contributed by atoms with Crippen LogP contribution < -0.4 is 15.0 Å². The number of hydrogen-bond acceptors (Lipinski definition) is 4. The van der Waals surface area contributed by atoms with Gasteiger partial charge in [0, 0.05) is 15.6 Å². The van der Waals surface area contributed by atoms with Gasteiger partial charge < -0.3 is 4.74 Å². The van der Waals surface area contributed by atoms with Crippen LogP contribution in [0.15, 0.2) is 40.9 Å². The lowest BCUT2D eigenvalue weighted by Crippen LogP contribution is -2.21. The molecule has 0 aromatic heterocycles. The third kappa shape index (κ3) is 6.36. The van der Waals surface area contributed by atoms with Gasteiger partial charge in [0.05, 0.1) is 7.11 Å². The Morgan fingerprint density at radius 3 is 2.25 bits per heavy atom. The molecule has 0 saturated heterocycles. The van der Waals surface area contributed by atoms with Gasteiger partial charge in [-0.3, -0.25) is 4.79 Å². The average Bonchev–Trinajstić information content (AvgIpc) is 2.45. The molecule has 9 heteroatoms. The van der Waals surface area contributed by atoms with Crippen LogP contribution in [0.1, 0.15) is 21.5 Å². The topological polar surface area (TPSA) is 112 Å². The van der Waals surface area contributed by atoms with Crippen molar-refractivity contribution in [2.24, 2.45) is 10.3 Å². The number of methoxy groups -OCH3 is 1. The molecular formula is C15H16BrFN2O4S. The molecule has 0 saturated carbocycles. The summed E-state index contributed by atoms with van der Waals surface area (Å²) in [5.41, 5.74) is 1.99. The first kappa shape index (κ1) is 20.2. The number of benzene rings is 2. The maximum Gasteiger partial charge on any atom is 0.271 e. The molecule has 130 valence electrons.